The van der Waals surface area contributed by atoms with Gasteiger partial charge in [0.15, 0.2) is 33.5 Å². The standard InChI is InChI=1S/C21H30ClN7O5P/c1-4-28-15-11-13(33-3)7-8-14(15)29(9-6-10-35(31,32)34-5-2)16(28)12-25-21(30)17-19(23)27-20(24)18(22)26-17/h7-8,11,31-32H,4-6,9-10,12H2,1-3H3,(H4-,23,24,25,27,30)/q+1/p+1. The van der Waals surface area contributed by atoms with Crippen LogP contribution < -0.4 is 26.1 Å². The number of nitrogen functional groups attached to an aromatic ring is 2. The quantitative estimate of drug-likeness (QED) is 0.183. The van der Waals surface area contributed by atoms with Gasteiger partial charge < -0.3 is 21.5 Å². The van der Waals surface area contributed by atoms with Crippen LogP contribution in [-0.4, -0.2) is 50.1 Å². The molecule has 2 aromatic heterocycles. The molecule has 3 aromatic rings. The first kappa shape index (κ1) is 26.8. The molecule has 0 atom stereocenters. The van der Waals surface area contributed by atoms with Crippen molar-refractivity contribution in [1.29, 1.82) is 0 Å². The molecule has 1 aromatic carbocycles. The number of amides is 1. The number of aromatic nitrogens is 4. The number of nitrogens with two attached hydrogens (primary N) is 2. The smallest absolute Gasteiger partial charge is 0.406 e. The van der Waals surface area contributed by atoms with Gasteiger partial charge in [-0.2, -0.15) is 14.3 Å². The summed E-state index contributed by atoms with van der Waals surface area (Å²) in [6.07, 6.45) is 0.567. The van der Waals surface area contributed by atoms with E-state index in [4.69, 9.17) is 32.3 Å². The number of halogens is 1. The number of nitrogens with zero attached hydrogens (tertiary/aromatic N) is 4. The van der Waals surface area contributed by atoms with Gasteiger partial charge in [0.1, 0.15) is 18.5 Å². The van der Waals surface area contributed by atoms with E-state index in [0.717, 1.165) is 16.9 Å². The van der Waals surface area contributed by atoms with Gasteiger partial charge >= 0.3 is 7.94 Å². The van der Waals surface area contributed by atoms with Crippen molar-refractivity contribution in [1.82, 2.24) is 19.9 Å². The highest BCUT2D eigenvalue weighted by atomic mass is 35.5. The van der Waals surface area contributed by atoms with Crippen molar-refractivity contribution in [2.45, 2.75) is 39.9 Å². The number of imidazole rings is 1. The lowest BCUT2D eigenvalue weighted by Gasteiger charge is -2.10. The Kier molecular flexibility index (Phi) is 8.68. The van der Waals surface area contributed by atoms with Crippen LogP contribution >= 0.6 is 19.5 Å². The summed E-state index contributed by atoms with van der Waals surface area (Å²) in [6, 6.07) is 5.69. The van der Waals surface area contributed by atoms with Crippen LogP contribution in [0.4, 0.5) is 11.6 Å². The van der Waals surface area contributed by atoms with Crippen LogP contribution in [0.3, 0.4) is 0 Å². The summed E-state index contributed by atoms with van der Waals surface area (Å²) in [5.41, 5.74) is 13.1. The van der Waals surface area contributed by atoms with E-state index in [1.54, 1.807) is 14.0 Å². The average Bonchev–Trinajstić information content (AvgIpc) is 3.11. The number of carbonyl (C=O) groups is 1. The number of anilines is 2. The molecule has 0 radical (unpaired) electrons. The molecule has 7 N–H and O–H groups in total. The number of benzene rings is 1. The number of fused-ring (bicyclic) bond motifs is 1. The number of ether oxygens (including phenoxy) is 1. The lowest BCUT2D eigenvalue weighted by atomic mass is 10.3. The summed E-state index contributed by atoms with van der Waals surface area (Å²) < 4.78 is 14.6. The number of hydrogen-bond acceptors (Lipinski definition) is 9. The second kappa shape index (κ2) is 11.3. The molecule has 0 saturated heterocycles. The molecular weight excluding hydrogens is 497 g/mol. The highest BCUT2D eigenvalue weighted by molar-refractivity contribution is 7.59. The van der Waals surface area contributed by atoms with Crippen molar-refractivity contribution in [2.75, 3.05) is 31.3 Å². The van der Waals surface area contributed by atoms with E-state index in [2.05, 4.69) is 15.3 Å². The molecule has 0 fully saturated rings. The number of aryl methyl sites for hydroxylation is 2. The van der Waals surface area contributed by atoms with Crippen molar-refractivity contribution in [3.63, 3.8) is 0 Å². The lowest BCUT2D eigenvalue weighted by molar-refractivity contribution is -0.680. The van der Waals surface area contributed by atoms with E-state index in [-0.39, 0.29) is 41.8 Å². The van der Waals surface area contributed by atoms with E-state index in [9.17, 15) is 14.6 Å². The normalized spacial score (nSPS) is 11.7. The molecule has 0 aliphatic heterocycles. The first-order valence-electron chi connectivity index (χ1n) is 11.1. The first-order chi connectivity index (χ1) is 16.6. The number of methoxy groups -OCH3 is 1. The van der Waals surface area contributed by atoms with Crippen molar-refractivity contribution in [3.8, 4) is 5.75 Å². The van der Waals surface area contributed by atoms with Gasteiger partial charge in [-0.05, 0) is 26.0 Å². The van der Waals surface area contributed by atoms with Crippen LogP contribution in [0.2, 0.25) is 5.15 Å². The van der Waals surface area contributed by atoms with Gasteiger partial charge in [0, 0.05) is 12.5 Å². The Balaban J connectivity index is 1.94. The summed E-state index contributed by atoms with van der Waals surface area (Å²) in [5, 5.41) is 2.72. The van der Waals surface area contributed by atoms with E-state index in [1.165, 1.54) is 0 Å². The van der Waals surface area contributed by atoms with Crippen molar-refractivity contribution in [3.05, 3.63) is 34.9 Å². The summed E-state index contributed by atoms with van der Waals surface area (Å²) in [4.78, 5) is 40.8. The molecule has 1 amide bonds. The number of rotatable bonds is 11. The average molecular weight is 528 g/mol. The largest absolute Gasteiger partial charge is 0.497 e. The van der Waals surface area contributed by atoms with Gasteiger partial charge in [0.25, 0.3) is 11.7 Å². The summed E-state index contributed by atoms with van der Waals surface area (Å²) >= 11 is 5.92. The topological polar surface area (TPSA) is 175 Å². The molecule has 12 nitrogen and oxygen atoms in total. The van der Waals surface area contributed by atoms with Gasteiger partial charge in [-0.1, -0.05) is 11.6 Å². The van der Waals surface area contributed by atoms with Crippen molar-refractivity contribution < 1.29 is 28.4 Å². The minimum atomic E-state index is -3.42. The molecule has 190 valence electrons. The summed E-state index contributed by atoms with van der Waals surface area (Å²) in [6.45, 7) is 5.15. The van der Waals surface area contributed by atoms with Crippen LogP contribution in [0.1, 0.15) is 36.6 Å². The van der Waals surface area contributed by atoms with Crippen LogP contribution in [0.15, 0.2) is 18.2 Å². The summed E-state index contributed by atoms with van der Waals surface area (Å²) in [5.74, 6) is 0.742. The summed E-state index contributed by atoms with van der Waals surface area (Å²) in [7, 11) is -1.82. The molecule has 14 heteroatoms. The Hall–Kier alpha value is -2.76. The van der Waals surface area contributed by atoms with Crippen LogP contribution in [0, 0.1) is 0 Å². The van der Waals surface area contributed by atoms with E-state index in [1.807, 2.05) is 34.3 Å². The molecule has 2 heterocycles. The van der Waals surface area contributed by atoms with Gasteiger partial charge in [0.05, 0.1) is 26.8 Å². The van der Waals surface area contributed by atoms with Crippen molar-refractivity contribution in [2.24, 2.45) is 0 Å². The molecule has 0 bridgehead atoms. The fourth-order valence-electron chi connectivity index (χ4n) is 3.85. The number of hydrogen-bond donors (Lipinski definition) is 5. The maximum absolute atomic E-state index is 12.8. The molecule has 0 unspecified atom stereocenters. The van der Waals surface area contributed by atoms with E-state index < -0.39 is 13.9 Å². The molecule has 0 saturated carbocycles. The third-order valence-electron chi connectivity index (χ3n) is 5.40. The maximum Gasteiger partial charge on any atom is 0.406 e. The van der Waals surface area contributed by atoms with E-state index in [0.29, 0.717) is 25.3 Å². The van der Waals surface area contributed by atoms with Crippen molar-refractivity contribution >= 4 is 48.1 Å². The third-order valence-corrected chi connectivity index (χ3v) is 7.25. The van der Waals surface area contributed by atoms with Crippen LogP contribution in [0.25, 0.3) is 11.0 Å². The minimum Gasteiger partial charge on any atom is -0.497 e. The Labute approximate surface area is 208 Å². The zero-order valence-corrected chi connectivity index (χ0v) is 21.5. The zero-order valence-electron chi connectivity index (χ0n) is 19.9. The molecule has 3 rings (SSSR count). The second-order valence-electron chi connectivity index (χ2n) is 7.64. The maximum atomic E-state index is 12.8. The monoisotopic (exact) mass is 527 g/mol. The van der Waals surface area contributed by atoms with Gasteiger partial charge in [-0.15, -0.1) is 0 Å². The zero-order chi connectivity index (χ0) is 25.8. The number of carbonyl (C=O) groups excluding carboxylic acids is 1. The molecule has 35 heavy (non-hydrogen) atoms. The third kappa shape index (κ3) is 6.09. The number of nitrogens with one attached hydrogen (secondary N) is 1. The van der Waals surface area contributed by atoms with Gasteiger partial charge in [-0.3, -0.25) is 4.79 Å². The first-order valence-corrected chi connectivity index (χ1v) is 13.2. The lowest BCUT2D eigenvalue weighted by Crippen LogP contribution is -2.41. The molecule has 0 aliphatic rings. The van der Waals surface area contributed by atoms with Crippen LogP contribution in [0.5, 0.6) is 5.75 Å². The van der Waals surface area contributed by atoms with Gasteiger partial charge in [0.2, 0.25) is 0 Å². The SMILES string of the molecule is CCO[P+](O)(O)CCC[n+]1c(CNC(=O)c2nc(Cl)c(N)nc2N)n(CC)c2cc(OC)ccc21. The Bertz CT molecular complexity index is 1220. The highest BCUT2D eigenvalue weighted by Gasteiger charge is 2.35. The molecular formula is C21H31ClN7O5P+2. The molecule has 0 aliphatic carbocycles. The fourth-order valence-corrected chi connectivity index (χ4v) is 5.07. The second-order valence-corrected chi connectivity index (χ2v) is 10.0. The Morgan fingerprint density at radius 2 is 2.00 bits per heavy atom. The minimum absolute atomic E-state index is 0.0580. The predicted molar refractivity (Wildman–Crippen MR) is 134 cm³/mol. The van der Waals surface area contributed by atoms with E-state index >= 15 is 0 Å². The Morgan fingerprint density at radius 3 is 2.66 bits per heavy atom. The fraction of sp³-hybridized carbons (Fsp3) is 0.429. The van der Waals surface area contributed by atoms with Crippen LogP contribution in [-0.2, 0) is 24.2 Å². The highest BCUT2D eigenvalue weighted by Crippen LogP contribution is 2.51. The predicted octanol–water partition coefficient (Wildman–Crippen LogP) is 1.67. The van der Waals surface area contributed by atoms with Gasteiger partial charge in [-0.25, -0.2) is 19.1 Å². The molecule has 0 spiro atoms. The Morgan fingerprint density at radius 1 is 1.26 bits per heavy atom.